The predicted molar refractivity (Wildman–Crippen MR) is 84.7 cm³/mol. The van der Waals surface area contributed by atoms with Crippen LogP contribution >= 0.6 is 0 Å². The van der Waals surface area contributed by atoms with E-state index in [1.54, 1.807) is 0 Å². The average Bonchev–Trinajstić information content (AvgIpc) is 3.07. The summed E-state index contributed by atoms with van der Waals surface area (Å²) in [5.74, 6) is 0.736. The molecule has 3 rings (SSSR count). The van der Waals surface area contributed by atoms with Crippen LogP contribution in [-0.2, 0) is 0 Å². The van der Waals surface area contributed by atoms with E-state index < -0.39 is 0 Å². The van der Waals surface area contributed by atoms with Crippen LogP contribution in [0.3, 0.4) is 0 Å². The predicted octanol–water partition coefficient (Wildman–Crippen LogP) is 2.31. The van der Waals surface area contributed by atoms with Crippen molar-refractivity contribution in [2.75, 3.05) is 32.7 Å². The van der Waals surface area contributed by atoms with Crippen LogP contribution in [-0.4, -0.2) is 54.1 Å². The summed E-state index contributed by atoms with van der Waals surface area (Å²) in [6.45, 7) is 13.3. The van der Waals surface area contributed by atoms with E-state index in [1.807, 2.05) is 0 Å². The minimum Gasteiger partial charge on any atom is -0.329 e. The van der Waals surface area contributed by atoms with E-state index in [9.17, 15) is 0 Å². The minimum atomic E-state index is 0.276. The molecule has 3 unspecified atom stereocenters. The lowest BCUT2D eigenvalue weighted by atomic mass is 9.85. The summed E-state index contributed by atoms with van der Waals surface area (Å²) in [6.07, 6.45) is 6.78. The fourth-order valence-electron chi connectivity index (χ4n) is 5.47. The average molecular weight is 279 g/mol. The Hall–Kier alpha value is -0.120. The first kappa shape index (κ1) is 14.8. The van der Waals surface area contributed by atoms with Gasteiger partial charge < -0.3 is 5.73 Å². The second-order valence-corrected chi connectivity index (χ2v) is 8.39. The third-order valence-corrected chi connectivity index (χ3v) is 6.36. The van der Waals surface area contributed by atoms with Crippen molar-refractivity contribution < 1.29 is 0 Å². The van der Waals surface area contributed by atoms with Gasteiger partial charge in [-0.2, -0.15) is 0 Å². The van der Waals surface area contributed by atoms with Crippen LogP contribution in [0, 0.1) is 11.3 Å². The first-order valence-corrected chi connectivity index (χ1v) is 8.66. The Kier molecular flexibility index (Phi) is 3.89. The van der Waals surface area contributed by atoms with Crippen molar-refractivity contribution >= 4 is 0 Å². The molecule has 2 saturated heterocycles. The zero-order chi connectivity index (χ0) is 14.4. The minimum absolute atomic E-state index is 0.276. The molecule has 0 aromatic rings. The number of hydrogen-bond donors (Lipinski definition) is 1. The summed E-state index contributed by atoms with van der Waals surface area (Å²) in [7, 11) is 0. The zero-order valence-electron chi connectivity index (χ0n) is 13.7. The highest BCUT2D eigenvalue weighted by Crippen LogP contribution is 2.50. The van der Waals surface area contributed by atoms with Gasteiger partial charge in [0.25, 0.3) is 0 Å². The van der Waals surface area contributed by atoms with Crippen LogP contribution in [0.1, 0.15) is 52.9 Å². The van der Waals surface area contributed by atoms with Gasteiger partial charge in [-0.1, -0.05) is 20.8 Å². The van der Waals surface area contributed by atoms with Crippen molar-refractivity contribution in [1.29, 1.82) is 0 Å². The quantitative estimate of drug-likeness (QED) is 0.860. The standard InChI is InChI=1S/C17H33N3/c1-14-10-16(2,3)12-17(14,13-18)20-9-6-15(11-20)19-7-4-5-8-19/h14-15H,4-13,18H2,1-3H3. The van der Waals surface area contributed by atoms with E-state index in [1.165, 1.54) is 58.3 Å². The lowest BCUT2D eigenvalue weighted by Gasteiger charge is -2.42. The van der Waals surface area contributed by atoms with Gasteiger partial charge in [0.05, 0.1) is 0 Å². The molecular weight excluding hydrogens is 246 g/mol. The monoisotopic (exact) mass is 279 g/mol. The van der Waals surface area contributed by atoms with Gasteiger partial charge in [-0.05, 0) is 56.5 Å². The number of likely N-dealkylation sites (tertiary alicyclic amines) is 2. The van der Waals surface area contributed by atoms with Crippen molar-refractivity contribution in [2.45, 2.75) is 64.5 Å². The van der Waals surface area contributed by atoms with E-state index in [-0.39, 0.29) is 5.54 Å². The topological polar surface area (TPSA) is 32.5 Å². The van der Waals surface area contributed by atoms with Crippen LogP contribution in [0.25, 0.3) is 0 Å². The highest BCUT2D eigenvalue weighted by atomic mass is 15.3. The number of nitrogens with zero attached hydrogens (tertiary/aromatic N) is 2. The van der Waals surface area contributed by atoms with Crippen molar-refractivity contribution in [3.05, 3.63) is 0 Å². The van der Waals surface area contributed by atoms with Gasteiger partial charge in [0.2, 0.25) is 0 Å². The smallest absolute Gasteiger partial charge is 0.0363 e. The fraction of sp³-hybridized carbons (Fsp3) is 1.00. The van der Waals surface area contributed by atoms with E-state index in [0.29, 0.717) is 5.41 Å². The fourth-order valence-corrected chi connectivity index (χ4v) is 5.47. The van der Waals surface area contributed by atoms with Crippen molar-refractivity contribution in [3.8, 4) is 0 Å². The maximum absolute atomic E-state index is 6.30. The number of nitrogens with two attached hydrogens (primary N) is 1. The molecule has 3 nitrogen and oxygen atoms in total. The molecule has 0 radical (unpaired) electrons. The maximum atomic E-state index is 6.30. The SMILES string of the molecule is CC1CC(C)(C)CC1(CN)N1CCC(N2CCCC2)C1. The first-order valence-electron chi connectivity index (χ1n) is 8.66. The molecule has 1 aliphatic carbocycles. The molecule has 0 bridgehead atoms. The highest BCUT2D eigenvalue weighted by molar-refractivity contribution is 5.08. The van der Waals surface area contributed by atoms with Gasteiger partial charge in [-0.3, -0.25) is 9.80 Å². The Labute approximate surface area is 124 Å². The molecule has 1 saturated carbocycles. The van der Waals surface area contributed by atoms with Gasteiger partial charge in [0, 0.05) is 31.2 Å². The maximum Gasteiger partial charge on any atom is 0.0363 e. The molecule has 3 aliphatic rings. The summed E-state index contributed by atoms with van der Waals surface area (Å²) in [4.78, 5) is 5.50. The van der Waals surface area contributed by atoms with E-state index in [0.717, 1.165) is 18.5 Å². The Morgan fingerprint density at radius 2 is 1.85 bits per heavy atom. The summed E-state index contributed by atoms with van der Waals surface area (Å²) in [5.41, 5.74) is 7.04. The van der Waals surface area contributed by atoms with Crippen LogP contribution in [0.2, 0.25) is 0 Å². The molecule has 2 N–H and O–H groups in total. The molecule has 0 spiro atoms. The molecule has 0 amide bonds. The lowest BCUT2D eigenvalue weighted by molar-refractivity contribution is 0.0748. The largest absolute Gasteiger partial charge is 0.329 e. The normalized spacial score (nSPS) is 42.6. The molecule has 3 heteroatoms. The van der Waals surface area contributed by atoms with E-state index >= 15 is 0 Å². The second-order valence-electron chi connectivity index (χ2n) is 8.39. The van der Waals surface area contributed by atoms with Crippen LogP contribution in [0.15, 0.2) is 0 Å². The highest BCUT2D eigenvalue weighted by Gasteiger charge is 2.52. The van der Waals surface area contributed by atoms with Crippen molar-refractivity contribution in [2.24, 2.45) is 17.1 Å². The van der Waals surface area contributed by atoms with Crippen LogP contribution in [0.4, 0.5) is 0 Å². The van der Waals surface area contributed by atoms with Crippen molar-refractivity contribution in [1.82, 2.24) is 9.80 Å². The molecule has 0 aromatic heterocycles. The molecule has 116 valence electrons. The van der Waals surface area contributed by atoms with Gasteiger partial charge in [0.1, 0.15) is 0 Å². The molecule has 3 fully saturated rings. The molecule has 2 aliphatic heterocycles. The summed E-state index contributed by atoms with van der Waals surface area (Å²) >= 11 is 0. The number of hydrogen-bond acceptors (Lipinski definition) is 3. The summed E-state index contributed by atoms with van der Waals surface area (Å²) in [6, 6.07) is 0.803. The second kappa shape index (κ2) is 5.26. The molecular formula is C17H33N3. The van der Waals surface area contributed by atoms with Gasteiger partial charge in [0.15, 0.2) is 0 Å². The van der Waals surface area contributed by atoms with Gasteiger partial charge in [-0.25, -0.2) is 0 Å². The van der Waals surface area contributed by atoms with Crippen LogP contribution in [0.5, 0.6) is 0 Å². The Bertz CT molecular complexity index is 348. The Morgan fingerprint density at radius 1 is 1.15 bits per heavy atom. The van der Waals surface area contributed by atoms with Gasteiger partial charge in [-0.15, -0.1) is 0 Å². The van der Waals surface area contributed by atoms with Gasteiger partial charge >= 0.3 is 0 Å². The Morgan fingerprint density at radius 3 is 2.40 bits per heavy atom. The lowest BCUT2D eigenvalue weighted by Crippen LogP contribution is -2.55. The molecule has 2 heterocycles. The van der Waals surface area contributed by atoms with E-state index in [4.69, 9.17) is 5.73 Å². The molecule has 3 atom stereocenters. The number of rotatable bonds is 3. The molecule has 0 aromatic carbocycles. The summed E-state index contributed by atoms with van der Waals surface area (Å²) in [5, 5.41) is 0. The molecule has 20 heavy (non-hydrogen) atoms. The van der Waals surface area contributed by atoms with E-state index in [2.05, 4.69) is 30.6 Å². The third kappa shape index (κ3) is 2.42. The summed E-state index contributed by atoms with van der Waals surface area (Å²) < 4.78 is 0. The van der Waals surface area contributed by atoms with Crippen molar-refractivity contribution in [3.63, 3.8) is 0 Å². The zero-order valence-corrected chi connectivity index (χ0v) is 13.7. The first-order chi connectivity index (χ1) is 9.47. The third-order valence-electron chi connectivity index (χ3n) is 6.36. The van der Waals surface area contributed by atoms with Crippen LogP contribution < -0.4 is 5.73 Å². The Balaban J connectivity index is 1.71.